The average Bonchev–Trinajstić information content (AvgIpc) is 3.15. The van der Waals surface area contributed by atoms with Gasteiger partial charge >= 0.3 is 6.18 Å². The number of hydrogen-bond acceptors (Lipinski definition) is 4. The van der Waals surface area contributed by atoms with E-state index in [1.165, 1.54) is 21.9 Å². The van der Waals surface area contributed by atoms with E-state index in [0.717, 1.165) is 28.3 Å². The lowest BCUT2D eigenvalue weighted by Crippen LogP contribution is -2.05. The van der Waals surface area contributed by atoms with Gasteiger partial charge in [-0.2, -0.15) is 22.8 Å². The van der Waals surface area contributed by atoms with Crippen molar-refractivity contribution in [2.75, 3.05) is 0 Å². The zero-order valence-electron chi connectivity index (χ0n) is 12.9. The van der Waals surface area contributed by atoms with E-state index in [0.29, 0.717) is 10.5 Å². The first-order valence-corrected chi connectivity index (χ1v) is 8.21. The SMILES string of the molecule is Cc1ccccc1-c1nn2c(-c3cccc(C(F)(F)F)c3)nnc2s1. The topological polar surface area (TPSA) is 43.1 Å². The van der Waals surface area contributed by atoms with Crippen LogP contribution in [-0.2, 0) is 6.18 Å². The van der Waals surface area contributed by atoms with Crippen LogP contribution < -0.4 is 0 Å². The Labute approximate surface area is 144 Å². The van der Waals surface area contributed by atoms with E-state index in [4.69, 9.17) is 0 Å². The molecule has 2 aromatic heterocycles. The molecule has 0 N–H and O–H groups in total. The summed E-state index contributed by atoms with van der Waals surface area (Å²) in [6.07, 6.45) is -4.41. The van der Waals surface area contributed by atoms with Crippen molar-refractivity contribution < 1.29 is 13.2 Å². The van der Waals surface area contributed by atoms with Crippen LogP contribution in [0.25, 0.3) is 26.9 Å². The van der Waals surface area contributed by atoms with E-state index in [9.17, 15) is 13.2 Å². The number of fused-ring (bicyclic) bond motifs is 1. The van der Waals surface area contributed by atoms with Crippen LogP contribution in [0, 0.1) is 6.92 Å². The highest BCUT2D eigenvalue weighted by atomic mass is 32.1. The fourth-order valence-electron chi connectivity index (χ4n) is 2.55. The number of aromatic nitrogens is 4. The van der Waals surface area contributed by atoms with Crippen molar-refractivity contribution in [3.05, 3.63) is 59.7 Å². The summed E-state index contributed by atoms with van der Waals surface area (Å²) in [5.41, 5.74) is 1.63. The molecule has 0 unspecified atom stereocenters. The second-order valence-electron chi connectivity index (χ2n) is 5.52. The molecule has 0 aliphatic carbocycles. The van der Waals surface area contributed by atoms with Gasteiger partial charge in [-0.3, -0.25) is 0 Å². The van der Waals surface area contributed by atoms with Crippen molar-refractivity contribution in [1.29, 1.82) is 0 Å². The second kappa shape index (κ2) is 5.66. The molecule has 0 saturated carbocycles. The third-order valence-corrected chi connectivity index (χ3v) is 4.75. The van der Waals surface area contributed by atoms with Crippen molar-refractivity contribution >= 4 is 16.3 Å². The van der Waals surface area contributed by atoms with Crippen molar-refractivity contribution in [3.8, 4) is 22.0 Å². The average molecular weight is 360 g/mol. The Bertz CT molecular complexity index is 1070. The van der Waals surface area contributed by atoms with Crippen LogP contribution in [0.3, 0.4) is 0 Å². The van der Waals surface area contributed by atoms with Crippen LogP contribution in [0.15, 0.2) is 48.5 Å². The Balaban J connectivity index is 1.84. The van der Waals surface area contributed by atoms with Crippen LogP contribution in [0.4, 0.5) is 13.2 Å². The summed E-state index contributed by atoms with van der Waals surface area (Å²) in [7, 11) is 0. The molecule has 0 aliphatic heterocycles. The van der Waals surface area contributed by atoms with Gasteiger partial charge in [0.2, 0.25) is 4.96 Å². The molecule has 2 aromatic carbocycles. The van der Waals surface area contributed by atoms with Crippen LogP contribution in [0.5, 0.6) is 0 Å². The first kappa shape index (κ1) is 15.8. The molecule has 0 saturated heterocycles. The molecule has 4 nitrogen and oxygen atoms in total. The predicted molar refractivity (Wildman–Crippen MR) is 89.3 cm³/mol. The highest BCUT2D eigenvalue weighted by molar-refractivity contribution is 7.19. The van der Waals surface area contributed by atoms with Gasteiger partial charge in [-0.1, -0.05) is 47.7 Å². The number of alkyl halides is 3. The predicted octanol–water partition coefficient (Wildman–Crippen LogP) is 4.85. The molecule has 4 rings (SSSR count). The van der Waals surface area contributed by atoms with Gasteiger partial charge in [-0.05, 0) is 24.6 Å². The molecule has 0 atom stereocenters. The van der Waals surface area contributed by atoms with Gasteiger partial charge < -0.3 is 0 Å². The molecule has 0 aliphatic rings. The molecule has 0 bridgehead atoms. The van der Waals surface area contributed by atoms with Crippen LogP contribution in [0.1, 0.15) is 11.1 Å². The quantitative estimate of drug-likeness (QED) is 0.513. The largest absolute Gasteiger partial charge is 0.416 e. The Kier molecular flexibility index (Phi) is 3.57. The number of benzene rings is 2. The minimum absolute atomic E-state index is 0.289. The molecule has 25 heavy (non-hydrogen) atoms. The van der Waals surface area contributed by atoms with Gasteiger partial charge in [-0.15, -0.1) is 10.2 Å². The smallest absolute Gasteiger partial charge is 0.182 e. The standard InChI is InChI=1S/C17H11F3N4S/c1-10-5-2-3-8-13(10)15-23-24-14(21-22-16(24)25-15)11-6-4-7-12(9-11)17(18,19)20/h2-9H,1H3. The lowest BCUT2D eigenvalue weighted by Gasteiger charge is -2.07. The van der Waals surface area contributed by atoms with E-state index >= 15 is 0 Å². The molecule has 8 heteroatoms. The van der Waals surface area contributed by atoms with Crippen LogP contribution in [-0.4, -0.2) is 19.8 Å². The Morgan fingerprint density at radius 3 is 2.56 bits per heavy atom. The van der Waals surface area contributed by atoms with E-state index in [-0.39, 0.29) is 5.82 Å². The highest BCUT2D eigenvalue weighted by Crippen LogP contribution is 2.33. The summed E-state index contributed by atoms with van der Waals surface area (Å²) in [5, 5.41) is 13.3. The molecule has 4 aromatic rings. The number of aryl methyl sites for hydroxylation is 1. The summed E-state index contributed by atoms with van der Waals surface area (Å²) in [4.78, 5) is 0.533. The third-order valence-electron chi connectivity index (χ3n) is 3.81. The van der Waals surface area contributed by atoms with Crippen molar-refractivity contribution in [1.82, 2.24) is 19.8 Å². The lowest BCUT2D eigenvalue weighted by atomic mass is 10.1. The summed E-state index contributed by atoms with van der Waals surface area (Å²) < 4.78 is 40.3. The molecule has 126 valence electrons. The van der Waals surface area contributed by atoms with Gasteiger partial charge in [0, 0.05) is 11.1 Å². The summed E-state index contributed by atoms with van der Waals surface area (Å²) >= 11 is 1.35. The second-order valence-corrected chi connectivity index (χ2v) is 6.47. The summed E-state index contributed by atoms with van der Waals surface area (Å²) in [6, 6.07) is 12.8. The first-order valence-electron chi connectivity index (χ1n) is 7.39. The fourth-order valence-corrected chi connectivity index (χ4v) is 3.48. The van der Waals surface area contributed by atoms with E-state index in [1.807, 2.05) is 31.2 Å². The first-order chi connectivity index (χ1) is 11.9. The molecule has 0 amide bonds. The zero-order valence-corrected chi connectivity index (χ0v) is 13.8. The van der Waals surface area contributed by atoms with Crippen molar-refractivity contribution in [2.45, 2.75) is 13.1 Å². The molecule has 2 heterocycles. The molecular formula is C17H11F3N4S. The number of nitrogens with zero attached hydrogens (tertiary/aromatic N) is 4. The summed E-state index contributed by atoms with van der Waals surface area (Å²) in [6.45, 7) is 1.98. The maximum Gasteiger partial charge on any atom is 0.416 e. The van der Waals surface area contributed by atoms with E-state index in [2.05, 4.69) is 15.3 Å². The van der Waals surface area contributed by atoms with Crippen LogP contribution in [0.2, 0.25) is 0 Å². The lowest BCUT2D eigenvalue weighted by molar-refractivity contribution is -0.137. The number of halogens is 3. The van der Waals surface area contributed by atoms with Gasteiger partial charge in [-0.25, -0.2) is 0 Å². The molecule has 0 fully saturated rings. The minimum atomic E-state index is -4.41. The highest BCUT2D eigenvalue weighted by Gasteiger charge is 2.31. The Morgan fingerprint density at radius 1 is 1.00 bits per heavy atom. The van der Waals surface area contributed by atoms with Gasteiger partial charge in [0.25, 0.3) is 0 Å². The molecular weight excluding hydrogens is 349 g/mol. The number of rotatable bonds is 2. The Hall–Kier alpha value is -2.74. The Morgan fingerprint density at radius 2 is 1.80 bits per heavy atom. The summed E-state index contributed by atoms with van der Waals surface area (Å²) in [5.74, 6) is 0.289. The zero-order chi connectivity index (χ0) is 17.6. The fraction of sp³-hybridized carbons (Fsp3) is 0.118. The van der Waals surface area contributed by atoms with Gasteiger partial charge in [0.15, 0.2) is 5.82 Å². The van der Waals surface area contributed by atoms with Gasteiger partial charge in [0.1, 0.15) is 5.01 Å². The van der Waals surface area contributed by atoms with Gasteiger partial charge in [0.05, 0.1) is 5.56 Å². The number of hydrogen-bond donors (Lipinski definition) is 0. The van der Waals surface area contributed by atoms with Crippen LogP contribution >= 0.6 is 11.3 Å². The maximum atomic E-state index is 12.9. The third kappa shape index (κ3) is 2.78. The monoisotopic (exact) mass is 360 g/mol. The van der Waals surface area contributed by atoms with Crippen molar-refractivity contribution in [3.63, 3.8) is 0 Å². The van der Waals surface area contributed by atoms with Crippen molar-refractivity contribution in [2.24, 2.45) is 0 Å². The molecule has 0 radical (unpaired) electrons. The minimum Gasteiger partial charge on any atom is -0.182 e. The van der Waals surface area contributed by atoms with E-state index in [1.54, 1.807) is 6.07 Å². The normalized spacial score (nSPS) is 12.0. The molecule has 0 spiro atoms. The maximum absolute atomic E-state index is 12.9. The van der Waals surface area contributed by atoms with E-state index < -0.39 is 11.7 Å².